The van der Waals surface area contributed by atoms with Crippen molar-refractivity contribution in [2.45, 2.75) is 19.9 Å². The maximum atomic E-state index is 12.5. The molecular formula is C16H21NO4. The maximum Gasteiger partial charge on any atom is 0.325 e. The second kappa shape index (κ2) is 7.78. The van der Waals surface area contributed by atoms with Gasteiger partial charge in [-0.25, -0.2) is 0 Å². The fourth-order valence-corrected chi connectivity index (χ4v) is 2.37. The molecule has 1 unspecified atom stereocenters. The Labute approximate surface area is 124 Å². The van der Waals surface area contributed by atoms with Crippen molar-refractivity contribution >= 4 is 11.9 Å². The summed E-state index contributed by atoms with van der Waals surface area (Å²) in [5, 5.41) is 0. The molecule has 5 nitrogen and oxygen atoms in total. The number of carbonyl (C=O) groups excluding carboxylic acids is 2. The third-order valence-corrected chi connectivity index (χ3v) is 3.43. The van der Waals surface area contributed by atoms with Crippen LogP contribution in [0.25, 0.3) is 0 Å². The van der Waals surface area contributed by atoms with Crippen molar-refractivity contribution in [3.8, 4) is 0 Å². The maximum absolute atomic E-state index is 12.5. The summed E-state index contributed by atoms with van der Waals surface area (Å²) in [6.07, 6.45) is 0.715. The topological polar surface area (TPSA) is 55.8 Å². The zero-order valence-corrected chi connectivity index (χ0v) is 12.3. The Morgan fingerprint density at radius 1 is 1.33 bits per heavy atom. The Hall–Kier alpha value is -1.88. The van der Waals surface area contributed by atoms with Crippen molar-refractivity contribution in [2.75, 3.05) is 26.4 Å². The lowest BCUT2D eigenvalue weighted by Gasteiger charge is -2.24. The van der Waals surface area contributed by atoms with Crippen molar-refractivity contribution in [1.29, 1.82) is 0 Å². The quantitative estimate of drug-likeness (QED) is 0.747. The van der Waals surface area contributed by atoms with E-state index in [-0.39, 0.29) is 24.3 Å². The Kier molecular flexibility index (Phi) is 5.75. The first kappa shape index (κ1) is 15.5. The molecule has 0 bridgehead atoms. The van der Waals surface area contributed by atoms with Crippen LogP contribution in [-0.2, 0) is 25.6 Å². The Morgan fingerprint density at radius 2 is 2.10 bits per heavy atom. The summed E-state index contributed by atoms with van der Waals surface area (Å²) in [6.45, 7) is 3.51. The fourth-order valence-electron chi connectivity index (χ4n) is 2.37. The van der Waals surface area contributed by atoms with Gasteiger partial charge in [0.2, 0.25) is 5.91 Å². The van der Waals surface area contributed by atoms with Crippen LogP contribution in [0.2, 0.25) is 0 Å². The van der Waals surface area contributed by atoms with Crippen LogP contribution >= 0.6 is 0 Å². The van der Waals surface area contributed by atoms with Crippen molar-refractivity contribution in [1.82, 2.24) is 4.90 Å². The van der Waals surface area contributed by atoms with E-state index in [0.29, 0.717) is 32.8 Å². The zero-order chi connectivity index (χ0) is 15.1. The average molecular weight is 291 g/mol. The van der Waals surface area contributed by atoms with Crippen LogP contribution in [0.4, 0.5) is 0 Å². The molecule has 1 amide bonds. The van der Waals surface area contributed by atoms with Gasteiger partial charge in [0, 0.05) is 13.2 Å². The van der Waals surface area contributed by atoms with Crippen LogP contribution in [-0.4, -0.2) is 43.1 Å². The average Bonchev–Trinajstić information content (AvgIpc) is 3.01. The van der Waals surface area contributed by atoms with Crippen molar-refractivity contribution < 1.29 is 19.1 Å². The van der Waals surface area contributed by atoms with Gasteiger partial charge in [-0.15, -0.1) is 0 Å². The molecule has 21 heavy (non-hydrogen) atoms. The molecule has 1 aromatic rings. The van der Waals surface area contributed by atoms with E-state index >= 15 is 0 Å². The van der Waals surface area contributed by atoms with Gasteiger partial charge in [0.05, 0.1) is 19.1 Å². The van der Waals surface area contributed by atoms with Crippen LogP contribution in [0.5, 0.6) is 0 Å². The van der Waals surface area contributed by atoms with Gasteiger partial charge in [-0.2, -0.15) is 0 Å². The number of amides is 1. The molecule has 2 rings (SSSR count). The minimum atomic E-state index is -0.374. The third-order valence-electron chi connectivity index (χ3n) is 3.43. The largest absolute Gasteiger partial charge is 0.465 e. The molecule has 0 radical (unpaired) electrons. The Bertz CT molecular complexity index is 468. The van der Waals surface area contributed by atoms with Crippen molar-refractivity contribution in [3.05, 3.63) is 35.9 Å². The number of carbonyl (C=O) groups is 2. The molecule has 1 aliphatic heterocycles. The molecule has 114 valence electrons. The van der Waals surface area contributed by atoms with Crippen LogP contribution in [0.3, 0.4) is 0 Å². The molecule has 1 heterocycles. The number of nitrogens with zero attached hydrogens (tertiary/aromatic N) is 1. The molecule has 1 aliphatic rings. The van der Waals surface area contributed by atoms with Crippen molar-refractivity contribution in [3.63, 3.8) is 0 Å². The fraction of sp³-hybridized carbons (Fsp3) is 0.500. The highest BCUT2D eigenvalue weighted by Gasteiger charge is 2.29. The summed E-state index contributed by atoms with van der Waals surface area (Å²) in [4.78, 5) is 25.8. The summed E-state index contributed by atoms with van der Waals surface area (Å²) in [6, 6.07) is 9.64. The van der Waals surface area contributed by atoms with E-state index in [1.54, 1.807) is 11.8 Å². The van der Waals surface area contributed by atoms with E-state index in [4.69, 9.17) is 9.47 Å². The van der Waals surface area contributed by atoms with Crippen LogP contribution in [0.15, 0.2) is 30.3 Å². The SMILES string of the molecule is CCOC(=O)CN(Cc1ccccc1)C(=O)C1CCOC1. The first-order valence-electron chi connectivity index (χ1n) is 7.26. The monoisotopic (exact) mass is 291 g/mol. The molecule has 0 aromatic heterocycles. The molecule has 0 spiro atoms. The predicted octanol–water partition coefficient (Wildman–Crippen LogP) is 1.61. The highest BCUT2D eigenvalue weighted by molar-refractivity contribution is 5.84. The summed E-state index contributed by atoms with van der Waals surface area (Å²) in [7, 11) is 0. The minimum Gasteiger partial charge on any atom is -0.465 e. The Morgan fingerprint density at radius 3 is 2.71 bits per heavy atom. The third kappa shape index (κ3) is 4.56. The number of hydrogen-bond acceptors (Lipinski definition) is 4. The van der Waals surface area contributed by atoms with Crippen molar-refractivity contribution in [2.24, 2.45) is 5.92 Å². The zero-order valence-electron chi connectivity index (χ0n) is 12.3. The molecular weight excluding hydrogens is 270 g/mol. The van der Waals surface area contributed by atoms with Gasteiger partial charge in [0.1, 0.15) is 6.54 Å². The summed E-state index contributed by atoms with van der Waals surface area (Å²) in [5.41, 5.74) is 0.995. The normalized spacial score (nSPS) is 17.5. The second-order valence-electron chi connectivity index (χ2n) is 5.05. The van der Waals surface area contributed by atoms with E-state index in [2.05, 4.69) is 0 Å². The summed E-state index contributed by atoms with van der Waals surface area (Å²) in [5.74, 6) is -0.562. The molecule has 1 fully saturated rings. The molecule has 0 aliphatic carbocycles. The Balaban J connectivity index is 2.05. The van der Waals surface area contributed by atoms with Gasteiger partial charge in [-0.05, 0) is 18.9 Å². The lowest BCUT2D eigenvalue weighted by atomic mass is 10.1. The molecule has 0 saturated carbocycles. The van der Waals surface area contributed by atoms with Gasteiger partial charge in [0.25, 0.3) is 0 Å². The van der Waals surface area contributed by atoms with Gasteiger partial charge in [-0.1, -0.05) is 30.3 Å². The van der Waals surface area contributed by atoms with E-state index in [0.717, 1.165) is 5.56 Å². The number of ether oxygens (including phenoxy) is 2. The number of benzene rings is 1. The lowest BCUT2D eigenvalue weighted by molar-refractivity contribution is -0.150. The van der Waals surface area contributed by atoms with E-state index in [1.165, 1.54) is 0 Å². The summed E-state index contributed by atoms with van der Waals surface area (Å²) < 4.78 is 10.2. The van der Waals surface area contributed by atoms with Crippen LogP contribution < -0.4 is 0 Å². The lowest BCUT2D eigenvalue weighted by Crippen LogP contribution is -2.40. The number of hydrogen-bond donors (Lipinski definition) is 0. The summed E-state index contributed by atoms with van der Waals surface area (Å²) >= 11 is 0. The molecule has 0 N–H and O–H groups in total. The second-order valence-corrected chi connectivity index (χ2v) is 5.05. The standard InChI is InChI=1S/C16H21NO4/c1-2-21-15(18)11-17(10-13-6-4-3-5-7-13)16(19)14-8-9-20-12-14/h3-7,14H,2,8-12H2,1H3. The number of esters is 1. The first-order valence-corrected chi connectivity index (χ1v) is 7.26. The van der Waals surface area contributed by atoms with Gasteiger partial charge < -0.3 is 14.4 Å². The smallest absolute Gasteiger partial charge is 0.325 e. The van der Waals surface area contributed by atoms with Crippen LogP contribution in [0, 0.1) is 5.92 Å². The predicted molar refractivity (Wildman–Crippen MR) is 77.4 cm³/mol. The van der Waals surface area contributed by atoms with E-state index in [9.17, 15) is 9.59 Å². The van der Waals surface area contributed by atoms with Gasteiger partial charge in [-0.3, -0.25) is 9.59 Å². The van der Waals surface area contributed by atoms with E-state index < -0.39 is 0 Å². The first-order chi connectivity index (χ1) is 10.2. The van der Waals surface area contributed by atoms with Crippen LogP contribution in [0.1, 0.15) is 18.9 Å². The van der Waals surface area contributed by atoms with E-state index in [1.807, 2.05) is 30.3 Å². The van der Waals surface area contributed by atoms with Gasteiger partial charge in [0.15, 0.2) is 0 Å². The molecule has 5 heteroatoms. The number of rotatable bonds is 6. The minimum absolute atomic E-state index is 0.0158. The molecule has 1 aromatic carbocycles. The highest BCUT2D eigenvalue weighted by atomic mass is 16.5. The molecule has 1 atom stereocenters. The molecule has 1 saturated heterocycles. The highest BCUT2D eigenvalue weighted by Crippen LogP contribution is 2.17. The van der Waals surface area contributed by atoms with Gasteiger partial charge >= 0.3 is 5.97 Å².